The zero-order valence-corrected chi connectivity index (χ0v) is 10.4. The Kier molecular flexibility index (Phi) is 6.57. The molecule has 6 nitrogen and oxygen atoms in total. The number of hydrogen-bond acceptors (Lipinski definition) is 4. The Morgan fingerprint density at radius 3 is 2.53 bits per heavy atom. The fourth-order valence-electron chi connectivity index (χ4n) is 1.77. The van der Waals surface area contributed by atoms with Gasteiger partial charge in [0.15, 0.2) is 0 Å². The molecule has 2 amide bonds. The lowest BCUT2D eigenvalue weighted by atomic mass is 10.3. The molecule has 0 aromatic rings. The van der Waals surface area contributed by atoms with Crippen LogP contribution in [-0.2, 0) is 9.59 Å². The van der Waals surface area contributed by atoms with E-state index in [-0.39, 0.29) is 5.91 Å². The van der Waals surface area contributed by atoms with Crippen molar-refractivity contribution < 1.29 is 9.59 Å². The Hall–Kier alpha value is -1.14. The first-order chi connectivity index (χ1) is 8.26. The molecule has 0 saturated carbocycles. The fraction of sp³-hybridized carbons (Fsp3) is 0.818. The van der Waals surface area contributed by atoms with Gasteiger partial charge in [0.1, 0.15) is 0 Å². The van der Waals surface area contributed by atoms with Gasteiger partial charge in [-0.1, -0.05) is 0 Å². The number of rotatable bonds is 7. The number of piperazine rings is 1. The van der Waals surface area contributed by atoms with E-state index in [1.54, 1.807) is 4.90 Å². The van der Waals surface area contributed by atoms with Gasteiger partial charge in [-0.2, -0.15) is 0 Å². The molecule has 0 unspecified atom stereocenters. The van der Waals surface area contributed by atoms with Crippen LogP contribution >= 0.6 is 0 Å². The third-order valence-corrected chi connectivity index (χ3v) is 2.91. The second-order valence-corrected chi connectivity index (χ2v) is 4.19. The molecule has 1 aliphatic rings. The average molecular weight is 242 g/mol. The van der Waals surface area contributed by atoms with Gasteiger partial charge in [-0.05, 0) is 7.05 Å². The number of carbonyl (C=O) groups excluding carboxylic acids is 2. The molecule has 0 aromatic heterocycles. The molecule has 0 bridgehead atoms. The van der Waals surface area contributed by atoms with Gasteiger partial charge in [-0.15, -0.1) is 0 Å². The number of hydrogen-bond donors (Lipinski definition) is 2. The molecule has 1 aliphatic heterocycles. The molecule has 2 N–H and O–H groups in total. The van der Waals surface area contributed by atoms with Crippen molar-refractivity contribution in [1.29, 1.82) is 0 Å². The van der Waals surface area contributed by atoms with E-state index >= 15 is 0 Å². The first kappa shape index (κ1) is 13.9. The minimum Gasteiger partial charge on any atom is -0.355 e. The highest BCUT2D eigenvalue weighted by Gasteiger charge is 2.14. The number of nitrogens with one attached hydrogen (secondary N) is 2. The Bertz CT molecular complexity index is 240. The van der Waals surface area contributed by atoms with Gasteiger partial charge in [0.25, 0.3) is 0 Å². The van der Waals surface area contributed by atoms with Crippen molar-refractivity contribution in [3.05, 3.63) is 0 Å². The SMILES string of the molecule is CNCCC(=O)NCCN1CCN(C=O)CC1. The summed E-state index contributed by atoms with van der Waals surface area (Å²) in [6.07, 6.45) is 1.42. The lowest BCUT2D eigenvalue weighted by molar-refractivity contribution is -0.121. The monoisotopic (exact) mass is 242 g/mol. The van der Waals surface area contributed by atoms with Crippen molar-refractivity contribution in [2.45, 2.75) is 6.42 Å². The first-order valence-corrected chi connectivity index (χ1v) is 6.09. The van der Waals surface area contributed by atoms with Crippen LogP contribution in [0.1, 0.15) is 6.42 Å². The van der Waals surface area contributed by atoms with Gasteiger partial charge in [0, 0.05) is 52.2 Å². The summed E-state index contributed by atoms with van der Waals surface area (Å²) in [6, 6.07) is 0. The summed E-state index contributed by atoms with van der Waals surface area (Å²) in [7, 11) is 1.83. The summed E-state index contributed by atoms with van der Waals surface area (Å²) in [5, 5.41) is 5.83. The molecule has 98 valence electrons. The summed E-state index contributed by atoms with van der Waals surface area (Å²) < 4.78 is 0. The van der Waals surface area contributed by atoms with Gasteiger partial charge < -0.3 is 15.5 Å². The Morgan fingerprint density at radius 2 is 1.94 bits per heavy atom. The number of amides is 2. The van der Waals surface area contributed by atoms with Gasteiger partial charge in [-0.3, -0.25) is 14.5 Å². The maximum Gasteiger partial charge on any atom is 0.221 e. The topological polar surface area (TPSA) is 64.7 Å². The molecule has 0 aliphatic carbocycles. The number of carbonyl (C=O) groups is 2. The smallest absolute Gasteiger partial charge is 0.221 e. The number of nitrogens with zero attached hydrogens (tertiary/aromatic N) is 2. The summed E-state index contributed by atoms with van der Waals surface area (Å²) in [6.45, 7) is 5.62. The molecule has 0 aromatic carbocycles. The largest absolute Gasteiger partial charge is 0.355 e. The molecular weight excluding hydrogens is 220 g/mol. The standard InChI is InChI=1S/C11H22N4O2/c1-12-3-2-11(17)13-4-5-14-6-8-15(10-16)9-7-14/h10,12H,2-9H2,1H3,(H,13,17). The molecule has 0 atom stereocenters. The summed E-state index contributed by atoms with van der Waals surface area (Å²) >= 11 is 0. The van der Waals surface area contributed by atoms with E-state index < -0.39 is 0 Å². The van der Waals surface area contributed by atoms with Crippen LogP contribution in [0.25, 0.3) is 0 Å². The lowest BCUT2D eigenvalue weighted by Crippen LogP contribution is -2.47. The molecule has 0 spiro atoms. The van der Waals surface area contributed by atoms with E-state index in [2.05, 4.69) is 15.5 Å². The van der Waals surface area contributed by atoms with E-state index in [4.69, 9.17) is 0 Å². The summed E-state index contributed by atoms with van der Waals surface area (Å²) in [5.74, 6) is 0.0888. The normalized spacial score (nSPS) is 16.9. The van der Waals surface area contributed by atoms with Crippen molar-refractivity contribution in [1.82, 2.24) is 20.4 Å². The molecule has 1 rings (SSSR count). The molecule has 17 heavy (non-hydrogen) atoms. The minimum absolute atomic E-state index is 0.0888. The fourth-order valence-corrected chi connectivity index (χ4v) is 1.77. The van der Waals surface area contributed by atoms with Crippen molar-refractivity contribution >= 4 is 12.3 Å². The van der Waals surface area contributed by atoms with Crippen LogP contribution in [0.15, 0.2) is 0 Å². The molecule has 1 fully saturated rings. The van der Waals surface area contributed by atoms with Crippen LogP contribution in [-0.4, -0.2) is 75.0 Å². The minimum atomic E-state index is 0.0888. The second-order valence-electron chi connectivity index (χ2n) is 4.19. The average Bonchev–Trinajstić information content (AvgIpc) is 2.37. The van der Waals surface area contributed by atoms with Gasteiger partial charge >= 0.3 is 0 Å². The Morgan fingerprint density at radius 1 is 1.24 bits per heavy atom. The molecule has 0 radical (unpaired) electrons. The predicted octanol–water partition coefficient (Wildman–Crippen LogP) is -1.51. The van der Waals surface area contributed by atoms with Crippen LogP contribution in [0.3, 0.4) is 0 Å². The van der Waals surface area contributed by atoms with Crippen LogP contribution in [0.2, 0.25) is 0 Å². The summed E-state index contributed by atoms with van der Waals surface area (Å²) in [5.41, 5.74) is 0. The molecular formula is C11H22N4O2. The van der Waals surface area contributed by atoms with Crippen molar-refractivity contribution in [3.63, 3.8) is 0 Å². The predicted molar refractivity (Wildman–Crippen MR) is 65.6 cm³/mol. The maximum absolute atomic E-state index is 11.3. The lowest BCUT2D eigenvalue weighted by Gasteiger charge is -2.32. The van der Waals surface area contributed by atoms with E-state index in [0.29, 0.717) is 19.5 Å². The van der Waals surface area contributed by atoms with Gasteiger partial charge in [-0.25, -0.2) is 0 Å². The van der Waals surface area contributed by atoms with Crippen LogP contribution in [0, 0.1) is 0 Å². The van der Waals surface area contributed by atoms with Gasteiger partial charge in [0.2, 0.25) is 12.3 Å². The first-order valence-electron chi connectivity index (χ1n) is 6.09. The van der Waals surface area contributed by atoms with E-state index in [9.17, 15) is 9.59 Å². The third kappa shape index (κ3) is 5.65. The Balaban J connectivity index is 2.03. The van der Waals surface area contributed by atoms with Crippen molar-refractivity contribution in [2.24, 2.45) is 0 Å². The second kappa shape index (κ2) is 8.03. The van der Waals surface area contributed by atoms with E-state index in [1.165, 1.54) is 0 Å². The molecule has 6 heteroatoms. The third-order valence-electron chi connectivity index (χ3n) is 2.91. The highest BCUT2D eigenvalue weighted by molar-refractivity contribution is 5.76. The molecule has 1 heterocycles. The summed E-state index contributed by atoms with van der Waals surface area (Å²) in [4.78, 5) is 25.9. The van der Waals surface area contributed by atoms with Crippen molar-refractivity contribution in [2.75, 3.05) is 52.9 Å². The maximum atomic E-state index is 11.3. The molecule has 1 saturated heterocycles. The van der Waals surface area contributed by atoms with Crippen LogP contribution < -0.4 is 10.6 Å². The van der Waals surface area contributed by atoms with E-state index in [0.717, 1.165) is 39.1 Å². The van der Waals surface area contributed by atoms with Crippen molar-refractivity contribution in [3.8, 4) is 0 Å². The van der Waals surface area contributed by atoms with Crippen LogP contribution in [0.5, 0.6) is 0 Å². The Labute approximate surface area is 102 Å². The zero-order chi connectivity index (χ0) is 12.5. The highest BCUT2D eigenvalue weighted by Crippen LogP contribution is 1.97. The highest BCUT2D eigenvalue weighted by atomic mass is 16.1. The van der Waals surface area contributed by atoms with Gasteiger partial charge in [0.05, 0.1) is 0 Å². The quantitative estimate of drug-likeness (QED) is 0.533. The zero-order valence-electron chi connectivity index (χ0n) is 10.4. The van der Waals surface area contributed by atoms with E-state index in [1.807, 2.05) is 7.05 Å². The van der Waals surface area contributed by atoms with Crippen LogP contribution in [0.4, 0.5) is 0 Å².